The van der Waals surface area contributed by atoms with E-state index < -0.39 is 0 Å². The van der Waals surface area contributed by atoms with Crippen LogP contribution in [-0.4, -0.2) is 12.1 Å². The molecule has 3 rings (SSSR count). The lowest BCUT2D eigenvalue weighted by Crippen LogP contribution is -2.18. The summed E-state index contributed by atoms with van der Waals surface area (Å²) < 4.78 is 5.42. The van der Waals surface area contributed by atoms with Gasteiger partial charge in [-0.2, -0.15) is 0 Å². The van der Waals surface area contributed by atoms with Gasteiger partial charge in [0.2, 0.25) is 0 Å². The average molecular weight is 280 g/mol. The number of fused-ring (bicyclic) bond motifs is 1. The quantitative estimate of drug-likeness (QED) is 0.740. The first-order chi connectivity index (χ1) is 10.3. The zero-order valence-electron chi connectivity index (χ0n) is 12.4. The van der Waals surface area contributed by atoms with Crippen LogP contribution in [0.15, 0.2) is 54.7 Å². The Labute approximate surface area is 125 Å². The lowest BCUT2D eigenvalue weighted by molar-refractivity contribution is 0.401. The van der Waals surface area contributed by atoms with Crippen LogP contribution in [0.4, 0.5) is 0 Å². The first-order valence-electron chi connectivity index (χ1n) is 7.20. The van der Waals surface area contributed by atoms with Crippen molar-refractivity contribution in [3.05, 3.63) is 65.9 Å². The van der Waals surface area contributed by atoms with Crippen molar-refractivity contribution in [1.29, 1.82) is 0 Å². The molecule has 3 nitrogen and oxygen atoms in total. The third-order valence-corrected chi connectivity index (χ3v) is 3.84. The van der Waals surface area contributed by atoms with Crippen LogP contribution < -0.4 is 10.1 Å². The number of rotatable bonds is 5. The van der Waals surface area contributed by atoms with Gasteiger partial charge in [0.1, 0.15) is 5.75 Å². The summed E-state index contributed by atoms with van der Waals surface area (Å²) in [7, 11) is 1.71. The van der Waals surface area contributed by atoms with E-state index in [0.717, 1.165) is 12.3 Å². The summed E-state index contributed by atoms with van der Waals surface area (Å²) in [5.41, 5.74) is 3.63. The number of nitrogens with one attached hydrogen (secondary N) is 2. The predicted octanol–water partition coefficient (Wildman–Crippen LogP) is 4.03. The molecule has 3 heteroatoms. The van der Waals surface area contributed by atoms with Crippen molar-refractivity contribution < 1.29 is 4.74 Å². The van der Waals surface area contributed by atoms with Gasteiger partial charge in [0.05, 0.1) is 7.11 Å². The van der Waals surface area contributed by atoms with Gasteiger partial charge >= 0.3 is 0 Å². The maximum atomic E-state index is 5.42. The van der Waals surface area contributed by atoms with Crippen LogP contribution in [0, 0.1) is 0 Å². The van der Waals surface area contributed by atoms with Crippen molar-refractivity contribution in [3.63, 3.8) is 0 Å². The Morgan fingerprint density at radius 2 is 2.00 bits per heavy atom. The van der Waals surface area contributed by atoms with Crippen LogP contribution in [0.5, 0.6) is 5.75 Å². The molecule has 0 spiro atoms. The van der Waals surface area contributed by atoms with Crippen LogP contribution in [0.2, 0.25) is 0 Å². The van der Waals surface area contributed by atoms with Gasteiger partial charge in [-0.3, -0.25) is 0 Å². The van der Waals surface area contributed by atoms with E-state index in [0.29, 0.717) is 0 Å². The van der Waals surface area contributed by atoms with Crippen molar-refractivity contribution in [1.82, 2.24) is 10.3 Å². The Morgan fingerprint density at radius 3 is 2.86 bits per heavy atom. The van der Waals surface area contributed by atoms with Crippen LogP contribution in [0.25, 0.3) is 10.9 Å². The van der Waals surface area contributed by atoms with Crippen molar-refractivity contribution in [3.8, 4) is 5.75 Å². The maximum Gasteiger partial charge on any atom is 0.123 e. The highest BCUT2D eigenvalue weighted by Gasteiger charge is 2.10. The molecule has 2 aromatic carbocycles. The number of ether oxygens (including phenoxy) is 1. The number of benzene rings is 2. The maximum absolute atomic E-state index is 5.42. The van der Waals surface area contributed by atoms with E-state index in [9.17, 15) is 0 Å². The van der Waals surface area contributed by atoms with Gasteiger partial charge < -0.3 is 15.0 Å². The summed E-state index contributed by atoms with van der Waals surface area (Å²) in [5, 5.41) is 4.80. The Kier molecular flexibility index (Phi) is 3.93. The molecule has 108 valence electrons. The minimum atomic E-state index is 0.237. The summed E-state index contributed by atoms with van der Waals surface area (Å²) in [4.78, 5) is 3.25. The molecule has 0 amide bonds. The topological polar surface area (TPSA) is 37.0 Å². The summed E-state index contributed by atoms with van der Waals surface area (Å²) >= 11 is 0. The van der Waals surface area contributed by atoms with Gasteiger partial charge in [0.15, 0.2) is 0 Å². The molecule has 0 aliphatic carbocycles. The lowest BCUT2D eigenvalue weighted by Gasteiger charge is -2.17. The standard InChI is InChI=1S/C18H20N2O/c1-13(16-5-3-4-6-18(16)21-2)20-12-14-7-8-15-9-10-19-17(15)11-14/h3-11,13,19-20H,12H2,1-2H3/t13-/m1/s1. The monoisotopic (exact) mass is 280 g/mol. The normalized spacial score (nSPS) is 12.5. The minimum Gasteiger partial charge on any atom is -0.496 e. The molecule has 21 heavy (non-hydrogen) atoms. The molecule has 1 heterocycles. The van der Waals surface area contributed by atoms with Crippen molar-refractivity contribution in [2.24, 2.45) is 0 Å². The highest BCUT2D eigenvalue weighted by Crippen LogP contribution is 2.24. The van der Waals surface area contributed by atoms with Gasteiger partial charge in [-0.25, -0.2) is 0 Å². The van der Waals surface area contributed by atoms with Crippen LogP contribution in [0.1, 0.15) is 24.1 Å². The molecule has 3 aromatic rings. The van der Waals surface area contributed by atoms with Gasteiger partial charge in [-0.1, -0.05) is 30.3 Å². The van der Waals surface area contributed by atoms with Crippen molar-refractivity contribution in [2.45, 2.75) is 19.5 Å². The molecule has 0 bridgehead atoms. The van der Waals surface area contributed by atoms with E-state index in [4.69, 9.17) is 4.74 Å². The molecule has 2 N–H and O–H groups in total. The van der Waals surface area contributed by atoms with Crippen molar-refractivity contribution in [2.75, 3.05) is 7.11 Å². The van der Waals surface area contributed by atoms with E-state index in [1.54, 1.807) is 7.11 Å². The van der Waals surface area contributed by atoms with Crippen LogP contribution in [-0.2, 0) is 6.54 Å². The second-order valence-corrected chi connectivity index (χ2v) is 5.24. The van der Waals surface area contributed by atoms with Crippen LogP contribution >= 0.6 is 0 Å². The number of H-pyrrole nitrogens is 1. The molecule has 0 aliphatic rings. The fraction of sp³-hybridized carbons (Fsp3) is 0.222. The Bertz CT molecular complexity index is 733. The molecule has 0 saturated carbocycles. The predicted molar refractivity (Wildman–Crippen MR) is 86.5 cm³/mol. The number of methoxy groups -OCH3 is 1. The molecular weight excluding hydrogens is 260 g/mol. The molecule has 0 unspecified atom stereocenters. The summed E-state index contributed by atoms with van der Waals surface area (Å²) in [6, 6.07) is 17.0. The summed E-state index contributed by atoms with van der Waals surface area (Å²) in [5.74, 6) is 0.928. The van der Waals surface area contributed by atoms with Gasteiger partial charge in [-0.15, -0.1) is 0 Å². The van der Waals surface area contributed by atoms with E-state index in [-0.39, 0.29) is 6.04 Å². The van der Waals surface area contributed by atoms with Gasteiger partial charge in [-0.05, 0) is 36.1 Å². The largest absolute Gasteiger partial charge is 0.496 e. The first-order valence-corrected chi connectivity index (χ1v) is 7.20. The third-order valence-electron chi connectivity index (χ3n) is 3.84. The summed E-state index contributed by atoms with van der Waals surface area (Å²) in [6.07, 6.45) is 1.97. The summed E-state index contributed by atoms with van der Waals surface area (Å²) in [6.45, 7) is 2.99. The Morgan fingerprint density at radius 1 is 1.14 bits per heavy atom. The third kappa shape index (κ3) is 2.93. The zero-order chi connectivity index (χ0) is 14.7. The van der Waals surface area contributed by atoms with E-state index in [1.165, 1.54) is 22.0 Å². The number of hydrogen-bond donors (Lipinski definition) is 2. The Balaban J connectivity index is 1.71. The molecule has 0 fully saturated rings. The number of aromatic nitrogens is 1. The van der Waals surface area contributed by atoms with E-state index in [2.05, 4.69) is 47.6 Å². The smallest absolute Gasteiger partial charge is 0.123 e. The number of hydrogen-bond acceptors (Lipinski definition) is 2. The van der Waals surface area contributed by atoms with Crippen molar-refractivity contribution >= 4 is 10.9 Å². The molecule has 0 saturated heterocycles. The number of aromatic amines is 1. The SMILES string of the molecule is COc1ccccc1[C@@H](C)NCc1ccc2cc[nH]c2c1. The molecular formula is C18H20N2O. The fourth-order valence-corrected chi connectivity index (χ4v) is 2.61. The molecule has 1 atom stereocenters. The Hall–Kier alpha value is -2.26. The van der Waals surface area contributed by atoms with Gasteiger partial charge in [0, 0.05) is 29.9 Å². The zero-order valence-corrected chi connectivity index (χ0v) is 12.4. The molecule has 1 aromatic heterocycles. The van der Waals surface area contributed by atoms with E-state index >= 15 is 0 Å². The lowest BCUT2D eigenvalue weighted by atomic mass is 10.1. The highest BCUT2D eigenvalue weighted by molar-refractivity contribution is 5.79. The second-order valence-electron chi connectivity index (χ2n) is 5.24. The average Bonchev–Trinajstić information content (AvgIpc) is 3.00. The highest BCUT2D eigenvalue weighted by atomic mass is 16.5. The first kappa shape index (κ1) is 13.7. The van der Waals surface area contributed by atoms with Gasteiger partial charge in [0.25, 0.3) is 0 Å². The minimum absolute atomic E-state index is 0.237. The van der Waals surface area contributed by atoms with Crippen LogP contribution in [0.3, 0.4) is 0 Å². The molecule has 0 aliphatic heterocycles. The second kappa shape index (κ2) is 6.02. The molecule has 0 radical (unpaired) electrons. The number of para-hydroxylation sites is 1. The fourth-order valence-electron chi connectivity index (χ4n) is 2.61. The van der Waals surface area contributed by atoms with E-state index in [1.807, 2.05) is 24.4 Å².